The van der Waals surface area contributed by atoms with Crippen molar-refractivity contribution in [1.29, 1.82) is 0 Å². The minimum Gasteiger partial charge on any atom is -0.300 e. The fraction of sp³-hybridized carbons (Fsp3) is 0.600. The summed E-state index contributed by atoms with van der Waals surface area (Å²) in [6.07, 6.45) is 0. The summed E-state index contributed by atoms with van der Waals surface area (Å²) in [7, 11) is 0. The molecule has 2 heteroatoms. The van der Waals surface area contributed by atoms with Gasteiger partial charge in [-0.1, -0.05) is 11.8 Å². The quantitative estimate of drug-likeness (QED) is 0.796. The Balaban J connectivity index is 2.53. The fourth-order valence-electron chi connectivity index (χ4n) is 1.70. The number of hydrogen-bond donors (Lipinski definition) is 1. The molecule has 0 spiro atoms. The third-order valence-electron chi connectivity index (χ3n) is 2.51. The van der Waals surface area contributed by atoms with Crippen LogP contribution in [-0.4, -0.2) is 6.54 Å². The van der Waals surface area contributed by atoms with Crippen LogP contribution in [-0.2, 0) is 0 Å². The minimum atomic E-state index is 0.0970. The van der Waals surface area contributed by atoms with Crippen molar-refractivity contribution in [2.24, 2.45) is 5.41 Å². The number of hydrogen-bond acceptors (Lipinski definition) is 2. The van der Waals surface area contributed by atoms with Gasteiger partial charge in [0.1, 0.15) is 0 Å². The first-order valence-electron chi connectivity index (χ1n) is 6.10. The average molecular weight is 249 g/mol. The summed E-state index contributed by atoms with van der Waals surface area (Å²) in [5.74, 6) is 6.43. The Kier molecular flexibility index (Phi) is 4.80. The van der Waals surface area contributed by atoms with Gasteiger partial charge in [0.25, 0.3) is 0 Å². The highest BCUT2D eigenvalue weighted by molar-refractivity contribution is 7.12. The van der Waals surface area contributed by atoms with Crippen LogP contribution < -0.4 is 5.32 Å². The molecule has 1 unspecified atom stereocenters. The molecule has 1 aromatic rings. The molecule has 1 atom stereocenters. The molecule has 0 radical (unpaired) electrons. The van der Waals surface area contributed by atoms with Gasteiger partial charge in [-0.2, -0.15) is 0 Å². The molecule has 0 aliphatic carbocycles. The molecule has 1 rings (SSSR count). The number of nitrogens with one attached hydrogen (secondary N) is 1. The van der Waals surface area contributed by atoms with E-state index >= 15 is 0 Å². The maximum atomic E-state index is 3.46. The van der Waals surface area contributed by atoms with Gasteiger partial charge < -0.3 is 0 Å². The van der Waals surface area contributed by atoms with E-state index in [0.717, 1.165) is 6.54 Å². The van der Waals surface area contributed by atoms with Gasteiger partial charge >= 0.3 is 0 Å². The standard InChI is InChI=1S/C15H23NS/c1-11-10-14(13(3)17-11)12(2)16-9-7-8-15(4,5)6/h10,12,16H,9H2,1-6H3. The zero-order valence-electron chi connectivity index (χ0n) is 11.8. The van der Waals surface area contributed by atoms with E-state index in [2.05, 4.69) is 64.8 Å². The third kappa shape index (κ3) is 4.93. The molecule has 0 aliphatic heterocycles. The molecule has 0 saturated heterocycles. The molecule has 1 nitrogen and oxygen atoms in total. The van der Waals surface area contributed by atoms with E-state index in [4.69, 9.17) is 0 Å². The van der Waals surface area contributed by atoms with Crippen molar-refractivity contribution in [2.75, 3.05) is 6.54 Å². The second kappa shape index (κ2) is 5.71. The third-order valence-corrected chi connectivity index (χ3v) is 3.49. The molecule has 1 heterocycles. The van der Waals surface area contributed by atoms with Crippen LogP contribution in [0.25, 0.3) is 0 Å². The Bertz CT molecular complexity index is 426. The lowest BCUT2D eigenvalue weighted by molar-refractivity contribution is 0.568. The van der Waals surface area contributed by atoms with Crippen molar-refractivity contribution in [1.82, 2.24) is 5.32 Å². The summed E-state index contributed by atoms with van der Waals surface area (Å²) in [6.45, 7) is 13.7. The smallest absolute Gasteiger partial charge is 0.0581 e. The van der Waals surface area contributed by atoms with Crippen LogP contribution in [0.4, 0.5) is 0 Å². The first-order chi connectivity index (χ1) is 7.79. The van der Waals surface area contributed by atoms with Crippen molar-refractivity contribution in [3.8, 4) is 11.8 Å². The molecule has 0 bridgehead atoms. The molecule has 0 fully saturated rings. The zero-order chi connectivity index (χ0) is 13.1. The van der Waals surface area contributed by atoms with Crippen LogP contribution in [0.3, 0.4) is 0 Å². The summed E-state index contributed by atoms with van der Waals surface area (Å²) >= 11 is 1.86. The number of thiophene rings is 1. The SMILES string of the molecule is Cc1cc(C(C)NCC#CC(C)(C)C)c(C)s1. The predicted molar refractivity (Wildman–Crippen MR) is 77.4 cm³/mol. The number of aryl methyl sites for hydroxylation is 2. The Hall–Kier alpha value is -0.780. The number of rotatable bonds is 3. The maximum absolute atomic E-state index is 3.46. The summed E-state index contributed by atoms with van der Waals surface area (Å²) in [5, 5.41) is 3.46. The van der Waals surface area contributed by atoms with Gasteiger partial charge in [0.2, 0.25) is 0 Å². The summed E-state index contributed by atoms with van der Waals surface area (Å²) in [6, 6.07) is 2.66. The van der Waals surface area contributed by atoms with Gasteiger partial charge in [-0.15, -0.1) is 11.3 Å². The second-order valence-corrected chi connectivity index (χ2v) is 6.98. The molecular weight excluding hydrogens is 226 g/mol. The molecule has 1 aromatic heterocycles. The van der Waals surface area contributed by atoms with Gasteiger partial charge in [0.15, 0.2) is 0 Å². The fourth-order valence-corrected chi connectivity index (χ4v) is 2.73. The van der Waals surface area contributed by atoms with E-state index in [-0.39, 0.29) is 5.41 Å². The molecule has 0 amide bonds. The monoisotopic (exact) mass is 249 g/mol. The largest absolute Gasteiger partial charge is 0.300 e. The summed E-state index contributed by atoms with van der Waals surface area (Å²) in [5.41, 5.74) is 1.50. The Labute approximate surface area is 110 Å². The molecular formula is C15H23NS. The van der Waals surface area contributed by atoms with E-state index in [1.54, 1.807) is 0 Å². The average Bonchev–Trinajstić information content (AvgIpc) is 2.51. The van der Waals surface area contributed by atoms with Crippen molar-refractivity contribution in [3.05, 3.63) is 21.4 Å². The first-order valence-corrected chi connectivity index (χ1v) is 6.91. The predicted octanol–water partition coefficient (Wildman–Crippen LogP) is 4.07. The Morgan fingerprint density at radius 3 is 2.47 bits per heavy atom. The van der Waals surface area contributed by atoms with E-state index in [1.807, 2.05) is 11.3 Å². The van der Waals surface area contributed by atoms with Crippen molar-refractivity contribution < 1.29 is 0 Å². The van der Waals surface area contributed by atoms with Crippen LogP contribution >= 0.6 is 11.3 Å². The Morgan fingerprint density at radius 1 is 1.35 bits per heavy atom. The molecule has 17 heavy (non-hydrogen) atoms. The van der Waals surface area contributed by atoms with Crippen molar-refractivity contribution in [2.45, 2.75) is 47.6 Å². The summed E-state index contributed by atoms with van der Waals surface area (Å²) < 4.78 is 0. The normalized spacial score (nSPS) is 13.1. The molecule has 0 aliphatic rings. The lowest BCUT2D eigenvalue weighted by atomic mass is 9.98. The van der Waals surface area contributed by atoms with Crippen LogP contribution in [0.5, 0.6) is 0 Å². The van der Waals surface area contributed by atoms with E-state index in [9.17, 15) is 0 Å². The van der Waals surface area contributed by atoms with Gasteiger partial charge in [-0.05, 0) is 53.2 Å². The lowest BCUT2D eigenvalue weighted by Gasteiger charge is -2.12. The van der Waals surface area contributed by atoms with Crippen molar-refractivity contribution >= 4 is 11.3 Å². The minimum absolute atomic E-state index is 0.0970. The molecule has 0 saturated carbocycles. The van der Waals surface area contributed by atoms with Crippen LogP contribution in [0, 0.1) is 31.1 Å². The van der Waals surface area contributed by atoms with Gasteiger partial charge in [0.05, 0.1) is 6.54 Å². The Morgan fingerprint density at radius 2 is 2.00 bits per heavy atom. The molecule has 0 aromatic carbocycles. The van der Waals surface area contributed by atoms with E-state index < -0.39 is 0 Å². The zero-order valence-corrected chi connectivity index (χ0v) is 12.6. The highest BCUT2D eigenvalue weighted by atomic mass is 32.1. The molecule has 1 N–H and O–H groups in total. The van der Waals surface area contributed by atoms with Gasteiger partial charge in [-0.25, -0.2) is 0 Å². The lowest BCUT2D eigenvalue weighted by Crippen LogP contribution is -2.19. The van der Waals surface area contributed by atoms with E-state index in [0.29, 0.717) is 6.04 Å². The maximum Gasteiger partial charge on any atom is 0.0581 e. The van der Waals surface area contributed by atoms with Crippen LogP contribution in [0.1, 0.15) is 49.1 Å². The second-order valence-electron chi connectivity index (χ2n) is 5.52. The van der Waals surface area contributed by atoms with E-state index in [1.165, 1.54) is 15.3 Å². The van der Waals surface area contributed by atoms with Crippen LogP contribution in [0.15, 0.2) is 6.07 Å². The highest BCUT2D eigenvalue weighted by Gasteiger charge is 2.09. The summed E-state index contributed by atoms with van der Waals surface area (Å²) in [4.78, 5) is 2.79. The van der Waals surface area contributed by atoms with Crippen LogP contribution in [0.2, 0.25) is 0 Å². The molecule has 94 valence electrons. The highest BCUT2D eigenvalue weighted by Crippen LogP contribution is 2.25. The first kappa shape index (κ1) is 14.3. The van der Waals surface area contributed by atoms with Crippen molar-refractivity contribution in [3.63, 3.8) is 0 Å². The van der Waals surface area contributed by atoms with Gasteiger partial charge in [-0.3, -0.25) is 5.32 Å². The van der Waals surface area contributed by atoms with Gasteiger partial charge in [0, 0.05) is 21.2 Å². The topological polar surface area (TPSA) is 12.0 Å².